The number of rotatable bonds is 8. The zero-order valence-corrected chi connectivity index (χ0v) is 15.9. The lowest BCUT2D eigenvalue weighted by molar-refractivity contribution is 0.354. The number of hydrogen-bond donors (Lipinski definition) is 1. The van der Waals surface area contributed by atoms with E-state index in [9.17, 15) is 0 Å². The van der Waals surface area contributed by atoms with Gasteiger partial charge in [0.2, 0.25) is 0 Å². The van der Waals surface area contributed by atoms with Crippen LogP contribution in [0.3, 0.4) is 0 Å². The normalized spacial score (nSPS) is 11.8. The fourth-order valence-corrected chi connectivity index (χ4v) is 2.94. The molecular formula is C19H24ClNO4. The second-order valence-electron chi connectivity index (χ2n) is 5.52. The Balaban J connectivity index is 2.17. The lowest BCUT2D eigenvalue weighted by atomic mass is 10.1. The van der Waals surface area contributed by atoms with Crippen molar-refractivity contribution in [2.75, 3.05) is 28.4 Å². The molecule has 0 radical (unpaired) electrons. The van der Waals surface area contributed by atoms with Crippen molar-refractivity contribution in [3.63, 3.8) is 0 Å². The molecule has 1 N–H and O–H groups in total. The van der Waals surface area contributed by atoms with Gasteiger partial charge in [-0.15, -0.1) is 0 Å². The van der Waals surface area contributed by atoms with Crippen LogP contribution in [0.25, 0.3) is 0 Å². The van der Waals surface area contributed by atoms with Crippen LogP contribution in [-0.4, -0.2) is 28.4 Å². The maximum absolute atomic E-state index is 6.26. The molecule has 0 saturated carbocycles. The Labute approximate surface area is 153 Å². The monoisotopic (exact) mass is 365 g/mol. The summed E-state index contributed by atoms with van der Waals surface area (Å²) in [6, 6.07) is 9.58. The van der Waals surface area contributed by atoms with Gasteiger partial charge in [0, 0.05) is 18.2 Å². The highest BCUT2D eigenvalue weighted by molar-refractivity contribution is 6.32. The van der Waals surface area contributed by atoms with Crippen LogP contribution in [0.1, 0.15) is 24.1 Å². The molecule has 0 amide bonds. The Hall–Kier alpha value is -2.11. The first-order chi connectivity index (χ1) is 12.0. The van der Waals surface area contributed by atoms with E-state index in [0.717, 1.165) is 22.6 Å². The molecule has 1 atom stereocenters. The molecule has 5 nitrogen and oxygen atoms in total. The van der Waals surface area contributed by atoms with Gasteiger partial charge in [0.1, 0.15) is 11.5 Å². The maximum atomic E-state index is 6.26. The lowest BCUT2D eigenvalue weighted by Gasteiger charge is -2.19. The summed E-state index contributed by atoms with van der Waals surface area (Å²) in [5, 5.41) is 3.99. The van der Waals surface area contributed by atoms with E-state index in [2.05, 4.69) is 12.2 Å². The molecule has 0 spiro atoms. The van der Waals surface area contributed by atoms with Gasteiger partial charge in [-0.1, -0.05) is 11.6 Å². The van der Waals surface area contributed by atoms with Crippen molar-refractivity contribution in [3.05, 3.63) is 46.5 Å². The Kier molecular flexibility index (Phi) is 6.79. The molecule has 25 heavy (non-hydrogen) atoms. The van der Waals surface area contributed by atoms with Gasteiger partial charge in [-0.2, -0.15) is 0 Å². The minimum absolute atomic E-state index is 0.0527. The molecule has 6 heteroatoms. The summed E-state index contributed by atoms with van der Waals surface area (Å²) in [6.45, 7) is 2.68. The molecule has 0 fully saturated rings. The van der Waals surface area contributed by atoms with E-state index in [-0.39, 0.29) is 6.04 Å². The predicted octanol–water partition coefficient (Wildman–Crippen LogP) is 4.23. The molecule has 136 valence electrons. The molecule has 2 rings (SSSR count). The third kappa shape index (κ3) is 4.50. The van der Waals surface area contributed by atoms with Gasteiger partial charge in [-0.3, -0.25) is 0 Å². The van der Waals surface area contributed by atoms with Crippen molar-refractivity contribution in [1.82, 2.24) is 5.32 Å². The van der Waals surface area contributed by atoms with Crippen molar-refractivity contribution in [3.8, 4) is 23.0 Å². The molecule has 0 aliphatic rings. The Morgan fingerprint density at radius 3 is 2.24 bits per heavy atom. The molecule has 0 aliphatic heterocycles. The van der Waals surface area contributed by atoms with E-state index >= 15 is 0 Å². The highest BCUT2D eigenvalue weighted by Gasteiger charge is 2.14. The van der Waals surface area contributed by atoms with Crippen molar-refractivity contribution in [2.24, 2.45) is 0 Å². The van der Waals surface area contributed by atoms with Crippen molar-refractivity contribution >= 4 is 11.6 Å². The molecule has 2 aromatic rings. The second-order valence-corrected chi connectivity index (χ2v) is 5.93. The molecule has 1 unspecified atom stereocenters. The quantitative estimate of drug-likeness (QED) is 0.758. The van der Waals surface area contributed by atoms with Crippen LogP contribution in [0.15, 0.2) is 30.3 Å². The summed E-state index contributed by atoms with van der Waals surface area (Å²) in [4.78, 5) is 0. The van der Waals surface area contributed by atoms with Crippen LogP contribution in [0.4, 0.5) is 0 Å². The Bertz CT molecular complexity index is 721. The summed E-state index contributed by atoms with van der Waals surface area (Å²) in [7, 11) is 6.47. The van der Waals surface area contributed by atoms with E-state index in [4.69, 9.17) is 30.5 Å². The smallest absolute Gasteiger partial charge is 0.179 e. The number of halogens is 1. The molecule has 2 aromatic carbocycles. The van der Waals surface area contributed by atoms with Gasteiger partial charge >= 0.3 is 0 Å². The Morgan fingerprint density at radius 2 is 1.64 bits per heavy atom. The lowest BCUT2D eigenvalue weighted by Crippen LogP contribution is -2.19. The van der Waals surface area contributed by atoms with Gasteiger partial charge in [0.25, 0.3) is 0 Å². The predicted molar refractivity (Wildman–Crippen MR) is 99.4 cm³/mol. The highest BCUT2D eigenvalue weighted by Crippen LogP contribution is 2.36. The third-order valence-electron chi connectivity index (χ3n) is 4.01. The zero-order chi connectivity index (χ0) is 18.4. The molecule has 0 heterocycles. The summed E-state index contributed by atoms with van der Waals surface area (Å²) in [5.74, 6) is 2.75. The zero-order valence-electron chi connectivity index (χ0n) is 15.2. The van der Waals surface area contributed by atoms with Crippen molar-refractivity contribution < 1.29 is 18.9 Å². The van der Waals surface area contributed by atoms with E-state index < -0.39 is 0 Å². The number of nitrogens with one attached hydrogen (secondary N) is 1. The number of methoxy groups -OCH3 is 4. The molecular weight excluding hydrogens is 342 g/mol. The fraction of sp³-hybridized carbons (Fsp3) is 0.368. The SMILES string of the molecule is COc1ccc(OC)c(C(C)NCc2cc(Cl)c(OC)c(OC)c2)c1. The van der Waals surface area contributed by atoms with E-state index in [1.807, 2.05) is 30.3 Å². The van der Waals surface area contributed by atoms with Gasteiger partial charge in [0.05, 0.1) is 33.5 Å². The summed E-state index contributed by atoms with van der Waals surface area (Å²) < 4.78 is 21.4. The summed E-state index contributed by atoms with van der Waals surface area (Å²) in [5.41, 5.74) is 2.02. The van der Waals surface area contributed by atoms with Gasteiger partial charge in [-0.25, -0.2) is 0 Å². The summed E-state index contributed by atoms with van der Waals surface area (Å²) in [6.07, 6.45) is 0. The molecule has 0 bridgehead atoms. The first-order valence-corrected chi connectivity index (χ1v) is 8.27. The van der Waals surface area contributed by atoms with E-state index in [0.29, 0.717) is 23.1 Å². The minimum Gasteiger partial charge on any atom is -0.497 e. The van der Waals surface area contributed by atoms with Crippen molar-refractivity contribution in [1.29, 1.82) is 0 Å². The standard InChI is InChI=1S/C19H24ClNO4/c1-12(15-10-14(22-2)6-7-17(15)23-3)21-11-13-8-16(20)19(25-5)18(9-13)24-4/h6-10,12,21H,11H2,1-5H3. The summed E-state index contributed by atoms with van der Waals surface area (Å²) >= 11 is 6.26. The molecule has 0 aliphatic carbocycles. The number of benzene rings is 2. The van der Waals surface area contributed by atoms with Crippen LogP contribution in [-0.2, 0) is 6.54 Å². The number of hydrogen-bond acceptors (Lipinski definition) is 5. The topological polar surface area (TPSA) is 49.0 Å². The van der Waals surface area contributed by atoms with Crippen molar-refractivity contribution in [2.45, 2.75) is 19.5 Å². The maximum Gasteiger partial charge on any atom is 0.179 e. The van der Waals surface area contributed by atoms with Crippen LogP contribution in [0.2, 0.25) is 5.02 Å². The highest BCUT2D eigenvalue weighted by atomic mass is 35.5. The molecule has 0 aromatic heterocycles. The average Bonchev–Trinajstić information content (AvgIpc) is 2.64. The second kappa shape index (κ2) is 8.83. The van der Waals surface area contributed by atoms with Gasteiger partial charge in [0.15, 0.2) is 11.5 Å². The van der Waals surface area contributed by atoms with E-state index in [1.54, 1.807) is 28.4 Å². The molecule has 0 saturated heterocycles. The third-order valence-corrected chi connectivity index (χ3v) is 4.29. The van der Waals surface area contributed by atoms with Gasteiger partial charge in [-0.05, 0) is 42.8 Å². The van der Waals surface area contributed by atoms with Crippen LogP contribution in [0, 0.1) is 0 Å². The minimum atomic E-state index is 0.0527. The van der Waals surface area contributed by atoms with Crippen LogP contribution < -0.4 is 24.3 Å². The van der Waals surface area contributed by atoms with Gasteiger partial charge < -0.3 is 24.3 Å². The van der Waals surface area contributed by atoms with Crippen LogP contribution >= 0.6 is 11.6 Å². The average molecular weight is 366 g/mol. The van der Waals surface area contributed by atoms with Crippen LogP contribution in [0.5, 0.6) is 23.0 Å². The first kappa shape index (κ1) is 19.2. The number of ether oxygens (including phenoxy) is 4. The largest absolute Gasteiger partial charge is 0.497 e. The first-order valence-electron chi connectivity index (χ1n) is 7.89. The Morgan fingerprint density at radius 1 is 0.920 bits per heavy atom. The van der Waals surface area contributed by atoms with E-state index in [1.165, 1.54) is 0 Å². The fourth-order valence-electron chi connectivity index (χ4n) is 2.63.